The molecule has 0 aliphatic heterocycles. The maximum absolute atomic E-state index is 12.2. The molecule has 1 aromatic heterocycles. The number of nitrogens with zero attached hydrogens (tertiary/aromatic N) is 1. The summed E-state index contributed by atoms with van der Waals surface area (Å²) in [6.45, 7) is 1.98. The SMILES string of the molecule is Cc1nc2ccc(NC(=O)C3(N)CCCC3)cc2s1.Cl. The number of hydrogen-bond donors (Lipinski definition) is 2. The average molecular weight is 312 g/mol. The maximum atomic E-state index is 12.2. The summed E-state index contributed by atoms with van der Waals surface area (Å²) in [6.07, 6.45) is 3.63. The third kappa shape index (κ3) is 2.80. The Hall–Kier alpha value is -1.17. The number of thiazole rings is 1. The Bertz CT molecular complexity index is 634. The molecule has 108 valence electrons. The Morgan fingerprint density at radius 3 is 2.80 bits per heavy atom. The Morgan fingerprint density at radius 1 is 1.40 bits per heavy atom. The lowest BCUT2D eigenvalue weighted by Crippen LogP contribution is -2.48. The molecule has 0 radical (unpaired) electrons. The minimum absolute atomic E-state index is 0. The molecule has 4 nitrogen and oxygen atoms in total. The number of hydrogen-bond acceptors (Lipinski definition) is 4. The lowest BCUT2D eigenvalue weighted by molar-refractivity contribution is -0.121. The fraction of sp³-hybridized carbons (Fsp3) is 0.429. The number of anilines is 1. The van der Waals surface area contributed by atoms with Crippen molar-refractivity contribution in [3.05, 3.63) is 23.2 Å². The van der Waals surface area contributed by atoms with Crippen molar-refractivity contribution >= 4 is 45.6 Å². The highest BCUT2D eigenvalue weighted by Gasteiger charge is 2.36. The number of amides is 1. The van der Waals surface area contributed by atoms with Crippen LogP contribution in [0.25, 0.3) is 10.2 Å². The van der Waals surface area contributed by atoms with Crippen LogP contribution in [0.1, 0.15) is 30.7 Å². The van der Waals surface area contributed by atoms with E-state index < -0.39 is 5.54 Å². The zero-order chi connectivity index (χ0) is 13.5. The van der Waals surface area contributed by atoms with Crippen molar-refractivity contribution in [2.75, 3.05) is 5.32 Å². The van der Waals surface area contributed by atoms with Crippen molar-refractivity contribution in [2.24, 2.45) is 5.73 Å². The van der Waals surface area contributed by atoms with Crippen molar-refractivity contribution in [1.82, 2.24) is 4.98 Å². The number of fused-ring (bicyclic) bond motifs is 1. The quantitative estimate of drug-likeness (QED) is 0.894. The third-order valence-corrected chi connectivity index (χ3v) is 4.63. The molecule has 6 heteroatoms. The highest BCUT2D eigenvalue weighted by atomic mass is 35.5. The molecule has 1 aliphatic carbocycles. The molecule has 2 aromatic rings. The number of benzene rings is 1. The summed E-state index contributed by atoms with van der Waals surface area (Å²) in [5.41, 5.74) is 7.24. The van der Waals surface area contributed by atoms with Gasteiger partial charge >= 0.3 is 0 Å². The van der Waals surface area contributed by atoms with Gasteiger partial charge in [0.05, 0.1) is 20.8 Å². The van der Waals surface area contributed by atoms with Crippen LogP contribution in [0, 0.1) is 6.92 Å². The van der Waals surface area contributed by atoms with Crippen molar-refractivity contribution in [3.63, 3.8) is 0 Å². The second-order valence-corrected chi connectivity index (χ2v) is 6.47. The molecule has 0 bridgehead atoms. The van der Waals surface area contributed by atoms with Gasteiger partial charge in [-0.05, 0) is 38.0 Å². The lowest BCUT2D eigenvalue weighted by atomic mass is 9.98. The van der Waals surface area contributed by atoms with E-state index >= 15 is 0 Å². The summed E-state index contributed by atoms with van der Waals surface area (Å²) in [6, 6.07) is 5.79. The second kappa shape index (κ2) is 5.68. The van der Waals surface area contributed by atoms with Gasteiger partial charge in [-0.1, -0.05) is 12.8 Å². The molecule has 1 heterocycles. The minimum atomic E-state index is -0.682. The van der Waals surface area contributed by atoms with E-state index in [-0.39, 0.29) is 18.3 Å². The summed E-state index contributed by atoms with van der Waals surface area (Å²) in [7, 11) is 0. The van der Waals surface area contributed by atoms with Crippen molar-refractivity contribution < 1.29 is 4.79 Å². The molecular weight excluding hydrogens is 294 g/mol. The van der Waals surface area contributed by atoms with Crippen LogP contribution in [-0.4, -0.2) is 16.4 Å². The molecule has 1 aromatic carbocycles. The summed E-state index contributed by atoms with van der Waals surface area (Å²) in [5, 5.41) is 3.97. The first-order valence-corrected chi connectivity index (χ1v) is 7.36. The minimum Gasteiger partial charge on any atom is -0.324 e. The molecule has 0 atom stereocenters. The van der Waals surface area contributed by atoms with Gasteiger partial charge in [0.2, 0.25) is 5.91 Å². The Labute approximate surface area is 128 Å². The molecule has 3 N–H and O–H groups in total. The van der Waals surface area contributed by atoms with E-state index in [1.54, 1.807) is 11.3 Å². The first-order valence-electron chi connectivity index (χ1n) is 6.54. The summed E-state index contributed by atoms with van der Waals surface area (Å²) in [5.74, 6) is -0.0643. The van der Waals surface area contributed by atoms with E-state index in [4.69, 9.17) is 5.73 Å². The van der Waals surface area contributed by atoms with E-state index in [1.807, 2.05) is 25.1 Å². The average Bonchev–Trinajstić information content (AvgIpc) is 2.95. The molecule has 20 heavy (non-hydrogen) atoms. The van der Waals surface area contributed by atoms with Crippen LogP contribution in [0.15, 0.2) is 18.2 Å². The van der Waals surface area contributed by atoms with E-state index in [2.05, 4.69) is 10.3 Å². The predicted molar refractivity (Wildman–Crippen MR) is 85.6 cm³/mol. The number of nitrogens with two attached hydrogens (primary N) is 1. The molecule has 1 amide bonds. The van der Waals surface area contributed by atoms with Crippen LogP contribution < -0.4 is 11.1 Å². The predicted octanol–water partition coefficient (Wildman–Crippen LogP) is 3.24. The topological polar surface area (TPSA) is 68.0 Å². The van der Waals surface area contributed by atoms with Gasteiger partial charge in [0.25, 0.3) is 0 Å². The van der Waals surface area contributed by atoms with E-state index in [0.717, 1.165) is 46.6 Å². The summed E-state index contributed by atoms with van der Waals surface area (Å²) < 4.78 is 1.09. The number of halogens is 1. The number of carbonyl (C=O) groups is 1. The van der Waals surface area contributed by atoms with Crippen LogP contribution in [0.2, 0.25) is 0 Å². The molecule has 1 saturated carbocycles. The number of rotatable bonds is 2. The van der Waals surface area contributed by atoms with E-state index in [1.165, 1.54) is 0 Å². The first kappa shape index (κ1) is 15.2. The van der Waals surface area contributed by atoms with Crippen LogP contribution in [0.4, 0.5) is 5.69 Å². The summed E-state index contributed by atoms with van der Waals surface area (Å²) >= 11 is 1.63. The number of nitrogens with one attached hydrogen (secondary N) is 1. The standard InChI is InChI=1S/C14H17N3OS.ClH/c1-9-16-11-5-4-10(8-12(11)19-9)17-13(18)14(15)6-2-3-7-14;/h4-5,8H,2-3,6-7,15H2,1H3,(H,17,18);1H. The van der Waals surface area contributed by atoms with E-state index in [9.17, 15) is 4.79 Å². The third-order valence-electron chi connectivity index (χ3n) is 3.70. The van der Waals surface area contributed by atoms with Crippen molar-refractivity contribution in [3.8, 4) is 0 Å². The van der Waals surface area contributed by atoms with Crippen LogP contribution in [0.5, 0.6) is 0 Å². The lowest BCUT2D eigenvalue weighted by Gasteiger charge is -2.22. The number of aromatic nitrogens is 1. The normalized spacial score (nSPS) is 16.9. The molecule has 3 rings (SSSR count). The van der Waals surface area contributed by atoms with Crippen molar-refractivity contribution in [2.45, 2.75) is 38.1 Å². The molecular formula is C14H18ClN3OS. The highest BCUT2D eigenvalue weighted by Crippen LogP contribution is 2.29. The molecule has 0 unspecified atom stereocenters. The van der Waals surface area contributed by atoms with Gasteiger partial charge in [-0.2, -0.15) is 0 Å². The van der Waals surface area contributed by atoms with Gasteiger partial charge in [0, 0.05) is 5.69 Å². The van der Waals surface area contributed by atoms with Crippen LogP contribution in [-0.2, 0) is 4.79 Å². The van der Waals surface area contributed by atoms with Crippen molar-refractivity contribution in [1.29, 1.82) is 0 Å². The first-order chi connectivity index (χ1) is 9.07. The van der Waals surface area contributed by atoms with Gasteiger partial charge in [-0.25, -0.2) is 4.98 Å². The van der Waals surface area contributed by atoms with Crippen LogP contribution >= 0.6 is 23.7 Å². The highest BCUT2D eigenvalue weighted by molar-refractivity contribution is 7.18. The molecule has 1 fully saturated rings. The van der Waals surface area contributed by atoms with Gasteiger partial charge in [-0.15, -0.1) is 23.7 Å². The Balaban J connectivity index is 0.00000147. The maximum Gasteiger partial charge on any atom is 0.244 e. The molecule has 0 saturated heterocycles. The molecule has 1 aliphatic rings. The fourth-order valence-electron chi connectivity index (χ4n) is 2.61. The zero-order valence-electron chi connectivity index (χ0n) is 11.3. The van der Waals surface area contributed by atoms with Gasteiger partial charge in [-0.3, -0.25) is 4.79 Å². The summed E-state index contributed by atoms with van der Waals surface area (Å²) in [4.78, 5) is 16.6. The Kier molecular flexibility index (Phi) is 4.32. The monoisotopic (exact) mass is 311 g/mol. The second-order valence-electron chi connectivity index (χ2n) is 5.23. The molecule has 0 spiro atoms. The number of aryl methyl sites for hydroxylation is 1. The van der Waals surface area contributed by atoms with Gasteiger partial charge in [0.1, 0.15) is 0 Å². The largest absolute Gasteiger partial charge is 0.324 e. The van der Waals surface area contributed by atoms with E-state index in [0.29, 0.717) is 0 Å². The number of carbonyl (C=O) groups excluding carboxylic acids is 1. The zero-order valence-corrected chi connectivity index (χ0v) is 12.9. The van der Waals surface area contributed by atoms with Crippen LogP contribution in [0.3, 0.4) is 0 Å². The Morgan fingerprint density at radius 2 is 2.10 bits per heavy atom. The van der Waals surface area contributed by atoms with Gasteiger partial charge in [0.15, 0.2) is 0 Å². The fourth-order valence-corrected chi connectivity index (χ4v) is 3.47. The van der Waals surface area contributed by atoms with Gasteiger partial charge < -0.3 is 11.1 Å². The smallest absolute Gasteiger partial charge is 0.244 e.